The van der Waals surface area contributed by atoms with E-state index in [9.17, 15) is 35.9 Å². The average Bonchev–Trinajstić information content (AvgIpc) is 2.57. The second-order valence-corrected chi connectivity index (χ2v) is 3.72. The molecular weight excluding hydrogens is 272 g/mol. The van der Waals surface area contributed by atoms with Gasteiger partial charge in [0.2, 0.25) is 0 Å². The first kappa shape index (κ1) is 14.6. The van der Waals surface area contributed by atoms with Crippen molar-refractivity contribution in [2.45, 2.75) is 24.8 Å². The lowest BCUT2D eigenvalue weighted by atomic mass is 10.0. The summed E-state index contributed by atoms with van der Waals surface area (Å²) in [6, 6.07) is -2.94. The van der Waals surface area contributed by atoms with Crippen LogP contribution in [0.5, 0.6) is 0 Å². The maximum atomic E-state index is 12.5. The number of hydrogen-bond acceptors (Lipinski definition) is 2. The van der Waals surface area contributed by atoms with Crippen LogP contribution in [0, 0.1) is 5.92 Å². The molecule has 1 aliphatic rings. The van der Waals surface area contributed by atoms with E-state index in [1.807, 2.05) is 0 Å². The molecule has 18 heavy (non-hydrogen) atoms. The number of nitrogens with zero attached hydrogens (tertiary/aromatic N) is 1. The summed E-state index contributed by atoms with van der Waals surface area (Å²) in [4.78, 5) is 20.9. The van der Waals surface area contributed by atoms with E-state index in [-0.39, 0.29) is 0 Å². The van der Waals surface area contributed by atoms with Gasteiger partial charge >= 0.3 is 24.2 Å². The maximum absolute atomic E-state index is 12.5. The Bertz CT molecular complexity index is 363. The van der Waals surface area contributed by atoms with Crippen LogP contribution in [-0.2, 0) is 9.59 Å². The average molecular weight is 279 g/mol. The molecule has 1 saturated heterocycles. The van der Waals surface area contributed by atoms with Crippen LogP contribution >= 0.6 is 0 Å². The molecule has 1 N–H and O–H groups in total. The van der Waals surface area contributed by atoms with Crippen LogP contribution in [-0.4, -0.2) is 46.8 Å². The number of likely N-dealkylation sites (tertiary alicyclic amines) is 1. The predicted molar refractivity (Wildman–Crippen MR) is 43.4 cm³/mol. The lowest BCUT2D eigenvalue weighted by Gasteiger charge is -2.29. The molecule has 104 valence electrons. The van der Waals surface area contributed by atoms with Crippen LogP contribution in [0.15, 0.2) is 0 Å². The third kappa shape index (κ3) is 2.67. The van der Waals surface area contributed by atoms with E-state index in [0.717, 1.165) is 0 Å². The van der Waals surface area contributed by atoms with E-state index in [1.165, 1.54) is 0 Å². The molecule has 0 radical (unpaired) electrons. The van der Waals surface area contributed by atoms with Gasteiger partial charge in [-0.15, -0.1) is 0 Å². The Hall–Kier alpha value is -1.48. The first-order valence-electron chi connectivity index (χ1n) is 4.63. The Morgan fingerprint density at radius 3 is 1.94 bits per heavy atom. The van der Waals surface area contributed by atoms with Crippen molar-refractivity contribution in [1.82, 2.24) is 4.90 Å². The van der Waals surface area contributed by atoms with Crippen LogP contribution in [0.2, 0.25) is 0 Å². The van der Waals surface area contributed by atoms with Gasteiger partial charge in [-0.3, -0.25) is 9.59 Å². The van der Waals surface area contributed by atoms with Gasteiger partial charge in [0.05, 0.1) is 5.92 Å². The fraction of sp³-hybridized carbons (Fsp3) is 0.750. The van der Waals surface area contributed by atoms with E-state index in [1.54, 1.807) is 0 Å². The molecule has 1 heterocycles. The van der Waals surface area contributed by atoms with Gasteiger partial charge in [-0.1, -0.05) is 0 Å². The van der Waals surface area contributed by atoms with Crippen molar-refractivity contribution in [2.24, 2.45) is 5.92 Å². The van der Waals surface area contributed by atoms with Crippen molar-refractivity contribution in [3.8, 4) is 0 Å². The number of hydrogen-bond donors (Lipinski definition) is 1. The molecule has 0 aromatic rings. The SMILES string of the molecule is O=C(O)C1CCN(C(=O)C(F)(F)F)C1C(F)(F)F. The molecule has 10 heteroatoms. The lowest BCUT2D eigenvalue weighted by molar-refractivity contribution is -0.214. The topological polar surface area (TPSA) is 57.6 Å². The van der Waals surface area contributed by atoms with Gasteiger partial charge in [0.15, 0.2) is 0 Å². The van der Waals surface area contributed by atoms with Crippen LogP contribution in [0.1, 0.15) is 6.42 Å². The Morgan fingerprint density at radius 2 is 1.61 bits per heavy atom. The molecule has 2 atom stereocenters. The van der Waals surface area contributed by atoms with E-state index in [0.29, 0.717) is 0 Å². The van der Waals surface area contributed by atoms with Gasteiger partial charge in [0, 0.05) is 6.54 Å². The molecule has 1 aliphatic heterocycles. The normalized spacial score (nSPS) is 25.3. The van der Waals surface area contributed by atoms with Crippen LogP contribution in [0.3, 0.4) is 0 Å². The van der Waals surface area contributed by atoms with E-state index < -0.39 is 54.1 Å². The Balaban J connectivity index is 3.07. The zero-order valence-electron chi connectivity index (χ0n) is 8.55. The fourth-order valence-electron chi connectivity index (χ4n) is 1.85. The molecule has 0 aromatic carbocycles. The fourth-order valence-corrected chi connectivity index (χ4v) is 1.85. The number of carbonyl (C=O) groups is 2. The van der Waals surface area contributed by atoms with Gasteiger partial charge in [0.25, 0.3) is 0 Å². The van der Waals surface area contributed by atoms with Gasteiger partial charge in [-0.2, -0.15) is 26.3 Å². The molecule has 0 spiro atoms. The summed E-state index contributed by atoms with van der Waals surface area (Å²) in [7, 11) is 0. The predicted octanol–water partition coefficient (Wildman–Crippen LogP) is 1.41. The number of rotatable bonds is 1. The largest absolute Gasteiger partial charge is 0.481 e. The third-order valence-electron chi connectivity index (χ3n) is 2.55. The number of carbonyl (C=O) groups excluding carboxylic acids is 1. The second-order valence-electron chi connectivity index (χ2n) is 3.72. The first-order chi connectivity index (χ1) is 7.96. The lowest BCUT2D eigenvalue weighted by Crippen LogP contribution is -2.52. The highest BCUT2D eigenvalue weighted by Crippen LogP contribution is 2.38. The minimum Gasteiger partial charge on any atom is -0.481 e. The number of amides is 1. The van der Waals surface area contributed by atoms with Gasteiger partial charge < -0.3 is 10.0 Å². The number of alkyl halides is 6. The van der Waals surface area contributed by atoms with Crippen LogP contribution in [0.4, 0.5) is 26.3 Å². The third-order valence-corrected chi connectivity index (χ3v) is 2.55. The molecule has 1 amide bonds. The van der Waals surface area contributed by atoms with E-state index in [4.69, 9.17) is 5.11 Å². The van der Waals surface area contributed by atoms with Crippen molar-refractivity contribution in [3.63, 3.8) is 0 Å². The molecule has 0 saturated carbocycles. The highest BCUT2D eigenvalue weighted by molar-refractivity contribution is 5.84. The van der Waals surface area contributed by atoms with Crippen molar-refractivity contribution >= 4 is 11.9 Å². The van der Waals surface area contributed by atoms with Crippen molar-refractivity contribution in [1.29, 1.82) is 0 Å². The van der Waals surface area contributed by atoms with Crippen LogP contribution in [0.25, 0.3) is 0 Å². The smallest absolute Gasteiger partial charge is 0.471 e. The number of carboxylic acid groups (broad SMARTS) is 1. The quantitative estimate of drug-likeness (QED) is 0.738. The Morgan fingerprint density at radius 1 is 1.11 bits per heavy atom. The Labute approximate surface area is 96.2 Å². The van der Waals surface area contributed by atoms with E-state index >= 15 is 0 Å². The van der Waals surface area contributed by atoms with Crippen molar-refractivity contribution < 1.29 is 41.0 Å². The first-order valence-corrected chi connectivity index (χ1v) is 4.63. The maximum Gasteiger partial charge on any atom is 0.471 e. The number of halogens is 6. The van der Waals surface area contributed by atoms with E-state index in [2.05, 4.69) is 0 Å². The van der Waals surface area contributed by atoms with Gasteiger partial charge in [-0.25, -0.2) is 0 Å². The summed E-state index contributed by atoms with van der Waals surface area (Å²) in [6.07, 6.45) is -11.3. The second kappa shape index (κ2) is 4.32. The van der Waals surface area contributed by atoms with Crippen molar-refractivity contribution in [2.75, 3.05) is 6.54 Å². The summed E-state index contributed by atoms with van der Waals surface area (Å²) in [6.45, 7) is -0.889. The summed E-state index contributed by atoms with van der Waals surface area (Å²) < 4.78 is 73.9. The van der Waals surface area contributed by atoms with Gasteiger partial charge in [0.1, 0.15) is 6.04 Å². The Kier molecular flexibility index (Phi) is 3.50. The highest BCUT2D eigenvalue weighted by Gasteiger charge is 2.59. The molecule has 0 aliphatic carbocycles. The molecule has 0 aromatic heterocycles. The molecule has 1 rings (SSSR count). The molecule has 0 bridgehead atoms. The van der Waals surface area contributed by atoms with Gasteiger partial charge in [-0.05, 0) is 6.42 Å². The minimum atomic E-state index is -5.46. The number of carboxylic acids is 1. The van der Waals surface area contributed by atoms with Crippen molar-refractivity contribution in [3.05, 3.63) is 0 Å². The number of aliphatic carboxylic acids is 1. The molecule has 1 fully saturated rings. The summed E-state index contributed by atoms with van der Waals surface area (Å²) >= 11 is 0. The zero-order chi connectivity index (χ0) is 14.3. The highest BCUT2D eigenvalue weighted by atomic mass is 19.4. The minimum absolute atomic E-state index is 0.473. The van der Waals surface area contributed by atoms with Crippen LogP contribution < -0.4 is 0 Å². The molecular formula is C8H7F6NO3. The standard InChI is InChI=1S/C8H7F6NO3/c9-7(10,11)4-3(5(16)17)1-2-15(4)6(18)8(12,13)14/h3-4H,1-2H2,(H,16,17). The molecule has 4 nitrogen and oxygen atoms in total. The monoisotopic (exact) mass is 279 g/mol. The zero-order valence-corrected chi connectivity index (χ0v) is 8.55. The summed E-state index contributed by atoms with van der Waals surface area (Å²) in [5.74, 6) is -6.63. The molecule has 2 unspecified atom stereocenters. The summed E-state index contributed by atoms with van der Waals surface area (Å²) in [5.41, 5.74) is 0. The summed E-state index contributed by atoms with van der Waals surface area (Å²) in [5, 5.41) is 8.53.